The zero-order chi connectivity index (χ0) is 12.8. The van der Waals surface area contributed by atoms with Crippen molar-refractivity contribution in [3.05, 3.63) is 29.3 Å². The molecule has 0 aliphatic rings. The molecule has 0 atom stereocenters. The van der Waals surface area contributed by atoms with Gasteiger partial charge in [0.15, 0.2) is 5.78 Å². The fraction of sp³-hybridized carbons (Fsp3) is 0.500. The first-order chi connectivity index (χ1) is 8.08. The lowest BCUT2D eigenvalue weighted by molar-refractivity contribution is -0.857. The third-order valence-corrected chi connectivity index (χ3v) is 2.84. The molecule has 1 aromatic rings. The van der Waals surface area contributed by atoms with Crippen molar-refractivity contribution in [2.75, 3.05) is 27.7 Å². The Morgan fingerprint density at radius 3 is 2.59 bits per heavy atom. The van der Waals surface area contributed by atoms with Gasteiger partial charge in [0.2, 0.25) is 0 Å². The molecule has 0 radical (unpaired) electrons. The number of aryl methyl sites for hydroxylation is 1. The fourth-order valence-electron chi connectivity index (χ4n) is 1.74. The highest BCUT2D eigenvalue weighted by Crippen LogP contribution is 2.20. The van der Waals surface area contributed by atoms with Crippen LogP contribution in [0.1, 0.15) is 29.3 Å². The van der Waals surface area contributed by atoms with Gasteiger partial charge in [-0.1, -0.05) is 6.92 Å². The lowest BCUT2D eigenvalue weighted by atomic mass is 10.0. The molecule has 94 valence electrons. The first-order valence-electron chi connectivity index (χ1n) is 6.07. The summed E-state index contributed by atoms with van der Waals surface area (Å²) in [5.74, 6) is 1.07. The molecule has 1 aromatic carbocycles. The highest BCUT2D eigenvalue weighted by molar-refractivity contribution is 5.96. The molecule has 0 aliphatic heterocycles. The van der Waals surface area contributed by atoms with E-state index < -0.39 is 0 Å². The first-order valence-corrected chi connectivity index (χ1v) is 6.07. The average Bonchev–Trinajstić information content (AvgIpc) is 2.34. The molecule has 3 heteroatoms. The summed E-state index contributed by atoms with van der Waals surface area (Å²) in [7, 11) is 5.77. The van der Waals surface area contributed by atoms with Gasteiger partial charge >= 0.3 is 0 Å². The minimum Gasteiger partial charge on any atom is -0.496 e. The maximum Gasteiger partial charge on any atom is 0.168 e. The molecular formula is C14H22NO2+. The average molecular weight is 236 g/mol. The Hall–Kier alpha value is -1.35. The number of carbonyl (C=O) groups is 1. The second-order valence-electron chi connectivity index (χ2n) is 4.51. The molecule has 0 aromatic heterocycles. The van der Waals surface area contributed by atoms with Crippen LogP contribution >= 0.6 is 0 Å². The Balaban J connectivity index is 2.81. The summed E-state index contributed by atoms with van der Waals surface area (Å²) in [5, 5.41) is 0. The Morgan fingerprint density at radius 2 is 2.06 bits per heavy atom. The predicted molar refractivity (Wildman–Crippen MR) is 69.0 cm³/mol. The number of carbonyl (C=O) groups excluding carboxylic acids is 1. The standard InChI is InChI=1S/C14H21NO2/c1-5-11-10-12(6-7-14(11)17-4)13(16)8-9-15(2)3/h6-7,10H,5,8-9H2,1-4H3/p+1. The SMILES string of the molecule is CCc1cc(C(=O)CC[NH+](C)C)ccc1OC. The molecule has 0 saturated heterocycles. The van der Waals surface area contributed by atoms with Gasteiger partial charge in [0.25, 0.3) is 0 Å². The van der Waals surface area contributed by atoms with Crippen LogP contribution in [0.2, 0.25) is 0 Å². The van der Waals surface area contributed by atoms with Gasteiger partial charge in [-0.15, -0.1) is 0 Å². The maximum absolute atomic E-state index is 12.0. The summed E-state index contributed by atoms with van der Waals surface area (Å²) < 4.78 is 5.25. The number of rotatable bonds is 6. The minimum atomic E-state index is 0.212. The third kappa shape index (κ3) is 3.86. The van der Waals surface area contributed by atoms with Crippen molar-refractivity contribution in [3.63, 3.8) is 0 Å². The topological polar surface area (TPSA) is 30.7 Å². The third-order valence-electron chi connectivity index (χ3n) is 2.84. The van der Waals surface area contributed by atoms with Gasteiger partial charge in [0.1, 0.15) is 5.75 Å². The lowest BCUT2D eigenvalue weighted by Crippen LogP contribution is -3.05. The zero-order valence-electron chi connectivity index (χ0n) is 11.2. The number of methoxy groups -OCH3 is 1. The van der Waals surface area contributed by atoms with Crippen molar-refractivity contribution in [2.45, 2.75) is 19.8 Å². The van der Waals surface area contributed by atoms with Crippen molar-refractivity contribution in [3.8, 4) is 5.75 Å². The van der Waals surface area contributed by atoms with E-state index in [1.165, 1.54) is 4.90 Å². The molecule has 17 heavy (non-hydrogen) atoms. The van der Waals surface area contributed by atoms with E-state index in [2.05, 4.69) is 21.0 Å². The van der Waals surface area contributed by atoms with E-state index in [1.807, 2.05) is 18.2 Å². The molecule has 1 N–H and O–H groups in total. The Labute approximate surface area is 103 Å². The molecule has 0 aliphatic carbocycles. The van der Waals surface area contributed by atoms with E-state index in [9.17, 15) is 4.79 Å². The van der Waals surface area contributed by atoms with Crippen molar-refractivity contribution in [1.82, 2.24) is 0 Å². The van der Waals surface area contributed by atoms with Gasteiger partial charge in [0.05, 0.1) is 34.2 Å². The van der Waals surface area contributed by atoms with Gasteiger partial charge in [-0.2, -0.15) is 0 Å². The summed E-state index contributed by atoms with van der Waals surface area (Å²) in [6, 6.07) is 5.69. The lowest BCUT2D eigenvalue weighted by Gasteiger charge is -2.09. The summed E-state index contributed by atoms with van der Waals surface area (Å²) in [5.41, 5.74) is 1.89. The zero-order valence-corrected chi connectivity index (χ0v) is 11.2. The molecule has 0 spiro atoms. The molecule has 3 nitrogen and oxygen atoms in total. The monoisotopic (exact) mass is 236 g/mol. The summed E-state index contributed by atoms with van der Waals surface area (Å²) in [4.78, 5) is 13.3. The second-order valence-corrected chi connectivity index (χ2v) is 4.51. The van der Waals surface area contributed by atoms with Gasteiger partial charge in [-0.25, -0.2) is 0 Å². The predicted octanol–water partition coefficient (Wildman–Crippen LogP) is 0.975. The second kappa shape index (κ2) is 6.40. The highest BCUT2D eigenvalue weighted by Gasteiger charge is 2.10. The van der Waals surface area contributed by atoms with Gasteiger partial charge in [-0.3, -0.25) is 4.79 Å². The molecule has 0 saturated carbocycles. The quantitative estimate of drug-likeness (QED) is 0.746. The van der Waals surface area contributed by atoms with Gasteiger partial charge in [-0.05, 0) is 30.2 Å². The summed E-state index contributed by atoms with van der Waals surface area (Å²) >= 11 is 0. The number of hydrogen-bond donors (Lipinski definition) is 1. The largest absolute Gasteiger partial charge is 0.496 e. The summed E-state index contributed by atoms with van der Waals surface area (Å²) in [6.45, 7) is 2.93. The van der Waals surface area contributed by atoms with E-state index >= 15 is 0 Å². The van der Waals surface area contributed by atoms with Crippen molar-refractivity contribution in [2.24, 2.45) is 0 Å². The number of ketones is 1. The molecule has 0 heterocycles. The summed E-state index contributed by atoms with van der Waals surface area (Å²) in [6.07, 6.45) is 1.47. The van der Waals surface area contributed by atoms with Crippen LogP contribution in [0, 0.1) is 0 Å². The normalized spacial score (nSPS) is 10.6. The Morgan fingerprint density at radius 1 is 1.35 bits per heavy atom. The van der Waals surface area contributed by atoms with Crippen molar-refractivity contribution >= 4 is 5.78 Å². The number of quaternary nitrogens is 1. The van der Waals surface area contributed by atoms with Gasteiger partial charge in [0, 0.05) is 5.56 Å². The molecular weight excluding hydrogens is 214 g/mol. The van der Waals surface area contributed by atoms with Crippen molar-refractivity contribution < 1.29 is 14.4 Å². The van der Waals surface area contributed by atoms with Crippen molar-refractivity contribution in [1.29, 1.82) is 0 Å². The number of nitrogens with one attached hydrogen (secondary N) is 1. The van der Waals surface area contributed by atoms with Crippen LogP contribution in [0.3, 0.4) is 0 Å². The number of hydrogen-bond acceptors (Lipinski definition) is 2. The first kappa shape index (κ1) is 13.7. The van der Waals surface area contributed by atoms with Crippen LogP contribution in [-0.2, 0) is 6.42 Å². The molecule has 0 bridgehead atoms. The Kier molecular flexibility index (Phi) is 5.16. The number of benzene rings is 1. The Bertz CT molecular complexity index is 386. The van der Waals surface area contributed by atoms with E-state index in [1.54, 1.807) is 7.11 Å². The van der Waals surface area contributed by atoms with Gasteiger partial charge < -0.3 is 9.64 Å². The van der Waals surface area contributed by atoms with Crippen LogP contribution in [0.5, 0.6) is 5.75 Å². The minimum absolute atomic E-state index is 0.212. The molecule has 0 fully saturated rings. The molecule has 0 amide bonds. The van der Waals surface area contributed by atoms with Crippen LogP contribution in [0.25, 0.3) is 0 Å². The smallest absolute Gasteiger partial charge is 0.168 e. The van der Waals surface area contributed by atoms with Crippen LogP contribution in [0.4, 0.5) is 0 Å². The van der Waals surface area contributed by atoms with E-state index in [-0.39, 0.29) is 5.78 Å². The van der Waals surface area contributed by atoms with E-state index in [0.717, 1.165) is 29.8 Å². The highest BCUT2D eigenvalue weighted by atomic mass is 16.5. The van der Waals surface area contributed by atoms with E-state index in [0.29, 0.717) is 6.42 Å². The number of Topliss-reactive ketones (excluding diaryl/α,β-unsaturated/α-hetero) is 1. The molecule has 1 rings (SSSR count). The van der Waals surface area contributed by atoms with E-state index in [4.69, 9.17) is 4.74 Å². The maximum atomic E-state index is 12.0. The molecule has 0 unspecified atom stereocenters. The van der Waals surface area contributed by atoms with Crippen LogP contribution < -0.4 is 9.64 Å². The van der Waals surface area contributed by atoms with Crippen LogP contribution in [-0.4, -0.2) is 33.5 Å². The fourth-order valence-corrected chi connectivity index (χ4v) is 1.74. The number of ether oxygens (including phenoxy) is 1. The van der Waals surface area contributed by atoms with Crippen LogP contribution in [0.15, 0.2) is 18.2 Å².